The van der Waals surface area contributed by atoms with Crippen molar-refractivity contribution in [2.45, 2.75) is 32.2 Å². The summed E-state index contributed by atoms with van der Waals surface area (Å²) in [4.78, 5) is 18.7. The van der Waals surface area contributed by atoms with Crippen LogP contribution in [0.5, 0.6) is 0 Å². The predicted octanol–water partition coefficient (Wildman–Crippen LogP) is 3.62. The first-order valence-electron chi connectivity index (χ1n) is 7.48. The molecule has 1 aromatic carbocycles. The SMILES string of the molecule is CCCC(C(=O)N(C)Cc1cncn1C)c1ccc(Cl)cc1. The van der Waals surface area contributed by atoms with Crippen molar-refractivity contribution in [1.29, 1.82) is 0 Å². The molecule has 4 nitrogen and oxygen atoms in total. The van der Waals surface area contributed by atoms with Crippen molar-refractivity contribution in [2.75, 3.05) is 7.05 Å². The zero-order valence-corrected chi connectivity index (χ0v) is 14.0. The second-order valence-electron chi connectivity index (χ2n) is 5.58. The Morgan fingerprint density at radius 3 is 2.59 bits per heavy atom. The van der Waals surface area contributed by atoms with Crippen LogP contribution in [0.2, 0.25) is 5.02 Å². The van der Waals surface area contributed by atoms with E-state index in [-0.39, 0.29) is 11.8 Å². The number of aryl methyl sites for hydroxylation is 1. The van der Waals surface area contributed by atoms with Gasteiger partial charge < -0.3 is 9.47 Å². The number of hydrogen-bond acceptors (Lipinski definition) is 2. The summed E-state index contributed by atoms with van der Waals surface area (Å²) in [6.45, 7) is 2.65. The summed E-state index contributed by atoms with van der Waals surface area (Å²) in [5.74, 6) is 0.00543. The maximum atomic E-state index is 12.8. The molecule has 0 aliphatic carbocycles. The third kappa shape index (κ3) is 3.89. The topological polar surface area (TPSA) is 38.1 Å². The van der Waals surface area contributed by atoms with Crippen molar-refractivity contribution in [1.82, 2.24) is 14.5 Å². The number of hydrogen-bond donors (Lipinski definition) is 0. The molecule has 2 rings (SSSR count). The number of halogens is 1. The summed E-state index contributed by atoms with van der Waals surface area (Å²) < 4.78 is 1.93. The largest absolute Gasteiger partial charge is 0.339 e. The summed E-state index contributed by atoms with van der Waals surface area (Å²) >= 11 is 5.94. The van der Waals surface area contributed by atoms with Gasteiger partial charge in [-0.3, -0.25) is 4.79 Å². The number of rotatable bonds is 6. The first-order chi connectivity index (χ1) is 10.5. The van der Waals surface area contributed by atoms with Crippen LogP contribution in [0.15, 0.2) is 36.8 Å². The van der Waals surface area contributed by atoms with Crippen molar-refractivity contribution < 1.29 is 4.79 Å². The van der Waals surface area contributed by atoms with E-state index in [1.54, 1.807) is 17.4 Å². The second kappa shape index (κ2) is 7.45. The van der Waals surface area contributed by atoms with Crippen LogP contribution in [0.25, 0.3) is 0 Å². The molecule has 5 heteroatoms. The van der Waals surface area contributed by atoms with Gasteiger partial charge in [-0.25, -0.2) is 4.98 Å². The van der Waals surface area contributed by atoms with Crippen molar-refractivity contribution >= 4 is 17.5 Å². The van der Waals surface area contributed by atoms with E-state index in [9.17, 15) is 4.79 Å². The lowest BCUT2D eigenvalue weighted by Crippen LogP contribution is -2.32. The van der Waals surface area contributed by atoms with E-state index in [4.69, 9.17) is 11.6 Å². The maximum Gasteiger partial charge on any atom is 0.230 e. The monoisotopic (exact) mass is 319 g/mol. The minimum atomic E-state index is -0.125. The fraction of sp³-hybridized carbons (Fsp3) is 0.412. The van der Waals surface area contributed by atoms with Gasteiger partial charge in [0, 0.05) is 25.3 Å². The summed E-state index contributed by atoms with van der Waals surface area (Å²) in [7, 11) is 3.78. The molecule has 1 atom stereocenters. The van der Waals surface area contributed by atoms with Crippen LogP contribution in [0, 0.1) is 0 Å². The Balaban J connectivity index is 2.15. The van der Waals surface area contributed by atoms with Gasteiger partial charge in [0.25, 0.3) is 0 Å². The quantitative estimate of drug-likeness (QED) is 0.815. The number of carbonyl (C=O) groups excluding carboxylic acids is 1. The number of aromatic nitrogens is 2. The molecular weight excluding hydrogens is 298 g/mol. The Hall–Kier alpha value is -1.81. The van der Waals surface area contributed by atoms with Crippen LogP contribution in [0.3, 0.4) is 0 Å². The highest BCUT2D eigenvalue weighted by atomic mass is 35.5. The first-order valence-corrected chi connectivity index (χ1v) is 7.86. The number of likely N-dealkylation sites (N-methyl/N-ethyl adjacent to an activating group) is 1. The summed E-state index contributed by atoms with van der Waals surface area (Å²) in [5.41, 5.74) is 2.04. The number of benzene rings is 1. The van der Waals surface area contributed by atoms with Crippen LogP contribution >= 0.6 is 11.6 Å². The van der Waals surface area contributed by atoms with Gasteiger partial charge in [-0.2, -0.15) is 0 Å². The van der Waals surface area contributed by atoms with E-state index >= 15 is 0 Å². The number of nitrogens with zero attached hydrogens (tertiary/aromatic N) is 3. The first kappa shape index (κ1) is 16.6. The van der Waals surface area contributed by atoms with Crippen LogP contribution in [-0.2, 0) is 18.4 Å². The molecule has 0 fully saturated rings. The van der Waals surface area contributed by atoms with E-state index < -0.39 is 0 Å². The van der Waals surface area contributed by atoms with Gasteiger partial charge >= 0.3 is 0 Å². The molecule has 1 amide bonds. The van der Waals surface area contributed by atoms with Crippen LogP contribution in [-0.4, -0.2) is 27.4 Å². The molecule has 0 radical (unpaired) electrons. The van der Waals surface area contributed by atoms with Crippen LogP contribution < -0.4 is 0 Å². The Morgan fingerprint density at radius 1 is 1.36 bits per heavy atom. The number of carbonyl (C=O) groups is 1. The minimum absolute atomic E-state index is 0.125. The molecule has 22 heavy (non-hydrogen) atoms. The Labute approximate surface area is 136 Å². The Kier molecular flexibility index (Phi) is 5.61. The number of imidazole rings is 1. The molecule has 0 bridgehead atoms. The smallest absolute Gasteiger partial charge is 0.230 e. The average molecular weight is 320 g/mol. The van der Waals surface area contributed by atoms with Crippen LogP contribution in [0.1, 0.15) is 36.9 Å². The molecule has 1 unspecified atom stereocenters. The van der Waals surface area contributed by atoms with E-state index in [0.717, 1.165) is 24.1 Å². The zero-order valence-electron chi connectivity index (χ0n) is 13.3. The average Bonchev–Trinajstić information content (AvgIpc) is 2.90. The maximum absolute atomic E-state index is 12.8. The van der Waals surface area contributed by atoms with Crippen molar-refractivity contribution in [2.24, 2.45) is 7.05 Å². The molecule has 0 saturated carbocycles. The van der Waals surface area contributed by atoms with Gasteiger partial charge in [-0.05, 0) is 24.1 Å². The molecular formula is C17H22ClN3O. The van der Waals surface area contributed by atoms with Crippen molar-refractivity contribution in [3.8, 4) is 0 Å². The highest BCUT2D eigenvalue weighted by Crippen LogP contribution is 2.25. The molecule has 1 aromatic heterocycles. The van der Waals surface area contributed by atoms with Crippen LogP contribution in [0.4, 0.5) is 0 Å². The van der Waals surface area contributed by atoms with E-state index in [0.29, 0.717) is 11.6 Å². The highest BCUT2D eigenvalue weighted by molar-refractivity contribution is 6.30. The van der Waals surface area contributed by atoms with Gasteiger partial charge in [0.15, 0.2) is 0 Å². The molecule has 0 N–H and O–H groups in total. The summed E-state index contributed by atoms with van der Waals surface area (Å²) in [5, 5.41) is 0.690. The van der Waals surface area contributed by atoms with Gasteiger partial charge in [-0.15, -0.1) is 0 Å². The fourth-order valence-electron chi connectivity index (χ4n) is 2.54. The number of amides is 1. The lowest BCUT2D eigenvalue weighted by Gasteiger charge is -2.24. The highest BCUT2D eigenvalue weighted by Gasteiger charge is 2.23. The molecule has 0 saturated heterocycles. The predicted molar refractivity (Wildman–Crippen MR) is 88.8 cm³/mol. The molecule has 0 aliphatic heterocycles. The van der Waals surface area contributed by atoms with Crippen molar-refractivity contribution in [3.05, 3.63) is 53.1 Å². The van der Waals surface area contributed by atoms with Gasteiger partial charge in [0.1, 0.15) is 0 Å². The second-order valence-corrected chi connectivity index (χ2v) is 6.02. The molecule has 0 aliphatic rings. The normalized spacial score (nSPS) is 12.2. The summed E-state index contributed by atoms with van der Waals surface area (Å²) in [6.07, 6.45) is 5.33. The van der Waals surface area contributed by atoms with Crippen molar-refractivity contribution in [3.63, 3.8) is 0 Å². The Bertz CT molecular complexity index is 621. The minimum Gasteiger partial charge on any atom is -0.339 e. The standard InChI is InChI=1S/C17H22ClN3O/c1-4-5-16(13-6-8-14(18)9-7-13)17(22)20(2)11-15-10-19-12-21(15)3/h6-10,12,16H,4-5,11H2,1-3H3. The lowest BCUT2D eigenvalue weighted by atomic mass is 9.93. The third-order valence-electron chi connectivity index (χ3n) is 3.84. The molecule has 1 heterocycles. The molecule has 118 valence electrons. The van der Waals surface area contributed by atoms with Gasteiger partial charge in [-0.1, -0.05) is 37.1 Å². The van der Waals surface area contributed by atoms with E-state index in [2.05, 4.69) is 11.9 Å². The molecule has 0 spiro atoms. The van der Waals surface area contributed by atoms with Gasteiger partial charge in [0.2, 0.25) is 5.91 Å². The zero-order chi connectivity index (χ0) is 16.1. The lowest BCUT2D eigenvalue weighted by molar-refractivity contribution is -0.132. The fourth-order valence-corrected chi connectivity index (χ4v) is 2.67. The summed E-state index contributed by atoms with van der Waals surface area (Å²) in [6, 6.07) is 7.57. The third-order valence-corrected chi connectivity index (χ3v) is 4.09. The Morgan fingerprint density at radius 2 is 2.05 bits per heavy atom. The van der Waals surface area contributed by atoms with E-state index in [1.165, 1.54) is 0 Å². The van der Waals surface area contributed by atoms with Gasteiger partial charge in [0.05, 0.1) is 24.5 Å². The van der Waals surface area contributed by atoms with E-state index in [1.807, 2.05) is 42.9 Å². The molecule has 2 aromatic rings.